The second kappa shape index (κ2) is 4.62. The van der Waals surface area contributed by atoms with Crippen LogP contribution in [0.3, 0.4) is 0 Å². The van der Waals surface area contributed by atoms with Gasteiger partial charge in [-0.1, -0.05) is 24.3 Å². The molecule has 0 radical (unpaired) electrons. The van der Waals surface area contributed by atoms with Gasteiger partial charge in [0, 0.05) is 0 Å². The number of ether oxygens (including phenoxy) is 1. The molecule has 0 saturated carbocycles. The van der Waals surface area contributed by atoms with Gasteiger partial charge in [0.25, 0.3) is 0 Å². The molecule has 0 spiro atoms. The van der Waals surface area contributed by atoms with E-state index in [9.17, 15) is 4.79 Å². The van der Waals surface area contributed by atoms with E-state index in [1.54, 1.807) is 12.1 Å². The Hall–Kier alpha value is -1.35. The van der Waals surface area contributed by atoms with Crippen molar-refractivity contribution in [2.45, 2.75) is 13.0 Å². The molecule has 13 heavy (non-hydrogen) atoms. The highest BCUT2D eigenvalue weighted by Gasteiger charge is 2.01. The summed E-state index contributed by atoms with van der Waals surface area (Å²) in [4.78, 5) is 10.9. The minimum absolute atomic E-state index is 0.144. The molecule has 3 nitrogen and oxygen atoms in total. The summed E-state index contributed by atoms with van der Waals surface area (Å²) in [6.45, 7) is -2.34. The third-order valence-electron chi connectivity index (χ3n) is 1.66. The summed E-state index contributed by atoms with van der Waals surface area (Å²) in [6, 6.07) is 6.05. The minimum Gasteiger partial charge on any atom is -0.469 e. The van der Waals surface area contributed by atoms with Crippen molar-refractivity contribution in [2.24, 2.45) is 0 Å². The number of carbonyl (C=O) groups excluding carboxylic acids is 1. The van der Waals surface area contributed by atoms with Crippen molar-refractivity contribution in [1.29, 1.82) is 0 Å². The van der Waals surface area contributed by atoms with E-state index in [0.717, 1.165) is 5.56 Å². The van der Waals surface area contributed by atoms with Crippen LogP contribution in [0.1, 0.15) is 13.9 Å². The van der Waals surface area contributed by atoms with Crippen LogP contribution >= 0.6 is 0 Å². The number of hydrogen-bond donors (Lipinski definition) is 1. The maximum atomic E-state index is 10.9. The molecule has 70 valence electrons. The topological polar surface area (TPSA) is 46.5 Å². The Labute approximate surface area is 79.8 Å². The average Bonchev–Trinajstić information content (AvgIpc) is 2.17. The molecular weight excluding hydrogens is 168 g/mol. The van der Waals surface area contributed by atoms with Crippen molar-refractivity contribution >= 4 is 5.97 Å². The molecule has 0 unspecified atom stereocenters. The van der Waals surface area contributed by atoms with Gasteiger partial charge in [0.1, 0.15) is 0 Å². The molecule has 1 rings (SSSR count). The normalized spacial score (nSPS) is 13.1. The van der Waals surface area contributed by atoms with Crippen molar-refractivity contribution in [2.75, 3.05) is 7.11 Å². The third-order valence-corrected chi connectivity index (χ3v) is 1.66. The van der Waals surface area contributed by atoms with E-state index in [1.807, 2.05) is 0 Å². The van der Waals surface area contributed by atoms with Gasteiger partial charge in [-0.15, -0.1) is 0 Å². The van der Waals surface area contributed by atoms with E-state index in [0.29, 0.717) is 0 Å². The van der Waals surface area contributed by atoms with Crippen molar-refractivity contribution in [3.05, 3.63) is 35.4 Å². The van der Waals surface area contributed by atoms with E-state index in [2.05, 4.69) is 4.74 Å². The lowest BCUT2D eigenvalue weighted by atomic mass is 10.1. The number of esters is 1. The Morgan fingerprint density at radius 1 is 1.46 bits per heavy atom. The largest absolute Gasteiger partial charge is 0.469 e. The van der Waals surface area contributed by atoms with Crippen LogP contribution in [0.5, 0.6) is 0 Å². The third kappa shape index (κ3) is 2.87. The summed E-state index contributed by atoms with van der Waals surface area (Å²) < 4.78 is 18.6. The molecule has 1 aromatic carbocycles. The van der Waals surface area contributed by atoms with Crippen molar-refractivity contribution in [1.82, 2.24) is 0 Å². The SMILES string of the molecule is [2H]C([2H])(O)c1ccc(CC(=O)OC)cc1. The number of benzene rings is 1. The van der Waals surface area contributed by atoms with Gasteiger partial charge in [-0.3, -0.25) is 4.79 Å². The minimum atomic E-state index is -2.34. The first-order valence-corrected chi connectivity index (χ1v) is 3.82. The predicted molar refractivity (Wildman–Crippen MR) is 48.1 cm³/mol. The molecular formula is C10H12O3. The fourth-order valence-electron chi connectivity index (χ4n) is 0.936. The van der Waals surface area contributed by atoms with Crippen LogP contribution in [0.25, 0.3) is 0 Å². The first-order chi connectivity index (χ1) is 6.93. The van der Waals surface area contributed by atoms with Crippen molar-refractivity contribution < 1.29 is 17.4 Å². The molecule has 0 aliphatic carbocycles. The molecule has 0 saturated heterocycles. The molecule has 0 heterocycles. The van der Waals surface area contributed by atoms with E-state index in [1.165, 1.54) is 19.2 Å². The number of methoxy groups -OCH3 is 1. The Morgan fingerprint density at radius 3 is 2.46 bits per heavy atom. The lowest BCUT2D eigenvalue weighted by Gasteiger charge is -2.00. The zero-order valence-electron chi connectivity index (χ0n) is 9.28. The van der Waals surface area contributed by atoms with Gasteiger partial charge in [-0.25, -0.2) is 0 Å². The van der Waals surface area contributed by atoms with Crippen LogP contribution in [0.2, 0.25) is 0 Å². The highest BCUT2D eigenvalue weighted by molar-refractivity contribution is 5.72. The summed E-state index contributed by atoms with van der Waals surface area (Å²) in [7, 11) is 1.31. The first kappa shape index (κ1) is 7.09. The van der Waals surface area contributed by atoms with Gasteiger partial charge in [-0.2, -0.15) is 0 Å². The van der Waals surface area contributed by atoms with Crippen LogP contribution in [0.4, 0.5) is 0 Å². The van der Waals surface area contributed by atoms with Gasteiger partial charge < -0.3 is 9.84 Å². The summed E-state index contributed by atoms with van der Waals surface area (Å²) in [6.07, 6.45) is 0.144. The molecule has 0 amide bonds. The second-order valence-corrected chi connectivity index (χ2v) is 2.56. The highest BCUT2D eigenvalue weighted by atomic mass is 16.5. The average molecular weight is 182 g/mol. The lowest BCUT2D eigenvalue weighted by molar-refractivity contribution is -0.139. The summed E-state index contributed by atoms with van der Waals surface area (Å²) in [5.41, 5.74) is 0.881. The maximum absolute atomic E-state index is 10.9. The predicted octanol–water partition coefficient (Wildman–Crippen LogP) is 0.894. The molecule has 0 aliphatic rings. The highest BCUT2D eigenvalue weighted by Crippen LogP contribution is 2.05. The van der Waals surface area contributed by atoms with Crippen LogP contribution in [0.15, 0.2) is 24.3 Å². The van der Waals surface area contributed by atoms with Gasteiger partial charge in [0.2, 0.25) is 0 Å². The molecule has 0 bridgehead atoms. The van der Waals surface area contributed by atoms with Gasteiger partial charge >= 0.3 is 5.97 Å². The van der Waals surface area contributed by atoms with Crippen molar-refractivity contribution in [3.8, 4) is 0 Å². The Balaban J connectivity index is 2.77. The molecule has 1 N–H and O–H groups in total. The maximum Gasteiger partial charge on any atom is 0.309 e. The first-order valence-electron chi connectivity index (χ1n) is 4.82. The summed E-state index contributed by atoms with van der Waals surface area (Å²) >= 11 is 0. The van der Waals surface area contributed by atoms with Crippen molar-refractivity contribution in [3.63, 3.8) is 0 Å². The van der Waals surface area contributed by atoms with Gasteiger partial charge in [-0.05, 0) is 11.1 Å². The fraction of sp³-hybridized carbons (Fsp3) is 0.300. The quantitative estimate of drug-likeness (QED) is 0.706. The molecule has 0 atom stereocenters. The smallest absolute Gasteiger partial charge is 0.309 e. The lowest BCUT2D eigenvalue weighted by Crippen LogP contribution is -2.04. The zero-order chi connectivity index (χ0) is 11.5. The van der Waals surface area contributed by atoms with E-state index in [4.69, 9.17) is 7.85 Å². The summed E-state index contributed by atoms with van der Waals surface area (Å²) in [5.74, 6) is -0.352. The summed E-state index contributed by atoms with van der Waals surface area (Å²) in [5, 5.41) is 9.05. The molecule has 0 aromatic heterocycles. The van der Waals surface area contributed by atoms with E-state index >= 15 is 0 Å². The Kier molecular flexibility index (Phi) is 2.52. The second-order valence-electron chi connectivity index (χ2n) is 2.56. The van der Waals surface area contributed by atoms with Crippen LogP contribution in [-0.4, -0.2) is 18.2 Å². The molecule has 1 aromatic rings. The zero-order valence-corrected chi connectivity index (χ0v) is 7.28. The van der Waals surface area contributed by atoms with Crippen LogP contribution < -0.4 is 0 Å². The van der Waals surface area contributed by atoms with E-state index < -0.39 is 6.56 Å². The number of carbonyl (C=O) groups is 1. The van der Waals surface area contributed by atoms with Gasteiger partial charge in [0.05, 0.1) is 22.8 Å². The van der Waals surface area contributed by atoms with E-state index in [-0.39, 0.29) is 18.0 Å². The fourth-order valence-corrected chi connectivity index (χ4v) is 0.936. The van der Waals surface area contributed by atoms with Crippen LogP contribution in [0, 0.1) is 0 Å². The number of aliphatic hydroxyl groups is 1. The number of hydrogen-bond acceptors (Lipinski definition) is 3. The molecule has 0 fully saturated rings. The monoisotopic (exact) mass is 182 g/mol. The Morgan fingerprint density at radius 2 is 2.00 bits per heavy atom. The molecule has 3 heteroatoms. The van der Waals surface area contributed by atoms with Gasteiger partial charge in [0.15, 0.2) is 0 Å². The Bertz CT molecular complexity index is 341. The standard InChI is InChI=1S/C10H12O3/c1-13-10(12)6-8-2-4-9(7-11)5-3-8/h2-5,11H,6-7H2,1H3/i7D2. The molecule has 0 aliphatic heterocycles. The van der Waals surface area contributed by atoms with Crippen LogP contribution in [-0.2, 0) is 22.5 Å². The number of rotatable bonds is 3.